The summed E-state index contributed by atoms with van der Waals surface area (Å²) in [6, 6.07) is 7.39. The van der Waals surface area contributed by atoms with Crippen LogP contribution in [0.4, 0.5) is 5.69 Å². The molecule has 25 heavy (non-hydrogen) atoms. The Labute approximate surface area is 142 Å². The van der Waals surface area contributed by atoms with Crippen LogP contribution in [0, 0.1) is 0 Å². The average Bonchev–Trinajstić information content (AvgIpc) is 3.08. The van der Waals surface area contributed by atoms with Crippen LogP contribution < -0.4 is 24.3 Å². The zero-order valence-electron chi connectivity index (χ0n) is 13.5. The Kier molecular flexibility index (Phi) is 4.34. The summed E-state index contributed by atoms with van der Waals surface area (Å²) in [6.07, 6.45) is 0. The summed E-state index contributed by atoms with van der Waals surface area (Å²) < 4.78 is 20.7. The number of hydrogen-bond acceptors (Lipinski definition) is 6. The minimum absolute atomic E-state index is 0.0906. The van der Waals surface area contributed by atoms with E-state index in [0.29, 0.717) is 22.8 Å². The largest absolute Gasteiger partial charge is 0.493 e. The van der Waals surface area contributed by atoms with E-state index in [1.807, 2.05) is 0 Å². The maximum Gasteiger partial charge on any atom is 0.337 e. The van der Waals surface area contributed by atoms with Gasteiger partial charge >= 0.3 is 5.97 Å². The van der Waals surface area contributed by atoms with E-state index in [1.165, 1.54) is 32.4 Å². The van der Waals surface area contributed by atoms with Crippen molar-refractivity contribution < 1.29 is 33.6 Å². The van der Waals surface area contributed by atoms with Crippen LogP contribution in [0.3, 0.4) is 0 Å². The molecule has 2 N–H and O–H groups in total. The SMILES string of the molecule is COc1cc(NC(=O)c2ccc3c(c2)OCO3)c(C(=O)O)cc1OC. The Morgan fingerprint density at radius 3 is 2.40 bits per heavy atom. The van der Waals surface area contributed by atoms with E-state index < -0.39 is 11.9 Å². The monoisotopic (exact) mass is 345 g/mol. The summed E-state index contributed by atoms with van der Waals surface area (Å²) in [5.74, 6) is -0.142. The van der Waals surface area contributed by atoms with E-state index in [2.05, 4.69) is 5.32 Å². The molecule has 1 aliphatic heterocycles. The summed E-state index contributed by atoms with van der Waals surface area (Å²) in [7, 11) is 2.82. The van der Waals surface area contributed by atoms with Crippen LogP contribution in [0.1, 0.15) is 20.7 Å². The third-order valence-electron chi connectivity index (χ3n) is 3.64. The highest BCUT2D eigenvalue weighted by molar-refractivity contribution is 6.08. The van der Waals surface area contributed by atoms with E-state index in [0.717, 1.165) is 0 Å². The standard InChI is InChI=1S/C17H15NO7/c1-22-13-6-10(17(20)21)11(7-14(13)23-2)18-16(19)9-3-4-12-15(5-9)25-8-24-12/h3-7H,8H2,1-2H3,(H,18,19)(H,20,21). The van der Waals surface area contributed by atoms with Crippen LogP contribution in [0.2, 0.25) is 0 Å². The van der Waals surface area contributed by atoms with Gasteiger partial charge in [0.05, 0.1) is 25.5 Å². The second-order valence-corrected chi connectivity index (χ2v) is 5.08. The van der Waals surface area contributed by atoms with Gasteiger partial charge in [-0.25, -0.2) is 4.79 Å². The number of benzene rings is 2. The molecule has 1 amide bonds. The lowest BCUT2D eigenvalue weighted by molar-refractivity contribution is 0.0697. The molecule has 0 aromatic heterocycles. The molecule has 0 bridgehead atoms. The number of anilines is 1. The van der Waals surface area contributed by atoms with Crippen LogP contribution in [0.25, 0.3) is 0 Å². The zero-order valence-corrected chi connectivity index (χ0v) is 13.5. The predicted molar refractivity (Wildman–Crippen MR) is 87.0 cm³/mol. The van der Waals surface area contributed by atoms with Gasteiger partial charge in [-0.3, -0.25) is 4.79 Å². The molecule has 8 heteroatoms. The van der Waals surface area contributed by atoms with Crippen molar-refractivity contribution in [2.24, 2.45) is 0 Å². The highest BCUT2D eigenvalue weighted by atomic mass is 16.7. The average molecular weight is 345 g/mol. The normalized spacial score (nSPS) is 11.8. The number of ether oxygens (including phenoxy) is 4. The number of carboxylic acid groups (broad SMARTS) is 1. The second kappa shape index (κ2) is 6.60. The van der Waals surface area contributed by atoms with Crippen molar-refractivity contribution in [1.29, 1.82) is 0 Å². The zero-order chi connectivity index (χ0) is 18.0. The quantitative estimate of drug-likeness (QED) is 0.857. The Morgan fingerprint density at radius 1 is 1.04 bits per heavy atom. The molecular formula is C17H15NO7. The van der Waals surface area contributed by atoms with Gasteiger partial charge in [-0.2, -0.15) is 0 Å². The van der Waals surface area contributed by atoms with Crippen molar-refractivity contribution in [1.82, 2.24) is 0 Å². The molecule has 0 atom stereocenters. The summed E-state index contributed by atoms with van der Waals surface area (Å²) in [4.78, 5) is 23.9. The number of rotatable bonds is 5. The molecule has 0 fully saturated rings. The summed E-state index contributed by atoms with van der Waals surface area (Å²) in [5.41, 5.74) is 0.273. The molecule has 0 saturated carbocycles. The third kappa shape index (κ3) is 3.14. The molecule has 0 unspecified atom stereocenters. The Bertz CT molecular complexity index is 847. The van der Waals surface area contributed by atoms with Gasteiger partial charge in [0.1, 0.15) is 0 Å². The number of amides is 1. The number of nitrogens with one attached hydrogen (secondary N) is 1. The van der Waals surface area contributed by atoms with Crippen molar-refractivity contribution in [3.05, 3.63) is 41.5 Å². The first kappa shape index (κ1) is 16.4. The van der Waals surface area contributed by atoms with E-state index >= 15 is 0 Å². The second-order valence-electron chi connectivity index (χ2n) is 5.08. The van der Waals surface area contributed by atoms with Gasteiger partial charge in [0.15, 0.2) is 23.0 Å². The van der Waals surface area contributed by atoms with Crippen LogP contribution in [0.15, 0.2) is 30.3 Å². The van der Waals surface area contributed by atoms with Crippen molar-refractivity contribution in [2.45, 2.75) is 0 Å². The number of hydrogen-bond donors (Lipinski definition) is 2. The Morgan fingerprint density at radius 2 is 1.72 bits per heavy atom. The predicted octanol–water partition coefficient (Wildman–Crippen LogP) is 2.38. The number of methoxy groups -OCH3 is 2. The Hall–Kier alpha value is -3.42. The molecule has 2 aromatic carbocycles. The summed E-state index contributed by atoms with van der Waals surface area (Å²) >= 11 is 0. The van der Waals surface area contributed by atoms with E-state index in [-0.39, 0.29) is 23.8 Å². The molecule has 0 aliphatic carbocycles. The minimum atomic E-state index is -1.21. The van der Waals surface area contributed by atoms with Crippen molar-refractivity contribution in [3.63, 3.8) is 0 Å². The van der Waals surface area contributed by atoms with Crippen LogP contribution in [0.5, 0.6) is 23.0 Å². The minimum Gasteiger partial charge on any atom is -0.493 e. The summed E-state index contributed by atoms with van der Waals surface area (Å²) in [5, 5.41) is 11.9. The lowest BCUT2D eigenvalue weighted by Gasteiger charge is -2.14. The van der Waals surface area contributed by atoms with Crippen molar-refractivity contribution in [3.8, 4) is 23.0 Å². The maximum atomic E-state index is 12.5. The molecule has 1 heterocycles. The number of carbonyl (C=O) groups excluding carboxylic acids is 1. The fourth-order valence-corrected chi connectivity index (χ4v) is 2.39. The van der Waals surface area contributed by atoms with E-state index in [1.54, 1.807) is 12.1 Å². The fourth-order valence-electron chi connectivity index (χ4n) is 2.39. The summed E-state index contributed by atoms with van der Waals surface area (Å²) in [6.45, 7) is 0.0965. The fraction of sp³-hybridized carbons (Fsp3) is 0.176. The van der Waals surface area contributed by atoms with Crippen molar-refractivity contribution in [2.75, 3.05) is 26.3 Å². The topological polar surface area (TPSA) is 103 Å². The number of carboxylic acids is 1. The molecule has 1 aliphatic rings. The maximum absolute atomic E-state index is 12.5. The van der Waals surface area contributed by atoms with Gasteiger partial charge in [0, 0.05) is 17.7 Å². The first-order valence-electron chi connectivity index (χ1n) is 7.23. The highest BCUT2D eigenvalue weighted by Gasteiger charge is 2.20. The lowest BCUT2D eigenvalue weighted by Crippen LogP contribution is -2.15. The number of fused-ring (bicyclic) bond motifs is 1. The Balaban J connectivity index is 1.93. The smallest absolute Gasteiger partial charge is 0.337 e. The van der Waals surface area contributed by atoms with Crippen LogP contribution in [-0.2, 0) is 0 Å². The van der Waals surface area contributed by atoms with Gasteiger partial charge < -0.3 is 29.4 Å². The molecule has 0 saturated heterocycles. The number of aromatic carboxylic acids is 1. The van der Waals surface area contributed by atoms with Crippen molar-refractivity contribution >= 4 is 17.6 Å². The lowest BCUT2D eigenvalue weighted by atomic mass is 10.1. The van der Waals surface area contributed by atoms with E-state index in [4.69, 9.17) is 18.9 Å². The highest BCUT2D eigenvalue weighted by Crippen LogP contribution is 2.35. The first-order valence-corrected chi connectivity index (χ1v) is 7.23. The third-order valence-corrected chi connectivity index (χ3v) is 3.64. The molecular weight excluding hydrogens is 330 g/mol. The van der Waals surface area contributed by atoms with Gasteiger partial charge in [0.25, 0.3) is 5.91 Å². The van der Waals surface area contributed by atoms with Gasteiger partial charge in [0.2, 0.25) is 6.79 Å². The van der Waals surface area contributed by atoms with E-state index in [9.17, 15) is 14.7 Å². The van der Waals surface area contributed by atoms with Gasteiger partial charge in [-0.15, -0.1) is 0 Å². The van der Waals surface area contributed by atoms with Crippen LogP contribution >= 0.6 is 0 Å². The molecule has 0 spiro atoms. The molecule has 2 aromatic rings. The van der Waals surface area contributed by atoms with Gasteiger partial charge in [-0.05, 0) is 18.2 Å². The molecule has 8 nitrogen and oxygen atoms in total. The van der Waals surface area contributed by atoms with Crippen LogP contribution in [-0.4, -0.2) is 38.0 Å². The number of carbonyl (C=O) groups is 2. The molecule has 0 radical (unpaired) electrons. The molecule has 130 valence electrons. The molecule has 3 rings (SSSR count). The van der Waals surface area contributed by atoms with Gasteiger partial charge in [-0.1, -0.05) is 0 Å². The first-order chi connectivity index (χ1) is 12.0.